The van der Waals surface area contributed by atoms with E-state index in [9.17, 15) is 4.79 Å². The molecule has 0 heterocycles. The van der Waals surface area contributed by atoms with E-state index in [2.05, 4.69) is 6.58 Å². The smallest absolute Gasteiger partial charge is 0.145 e. The maximum Gasteiger partial charge on any atom is 0.145 e. The van der Waals surface area contributed by atoms with Gasteiger partial charge in [-0.25, -0.2) is 0 Å². The van der Waals surface area contributed by atoms with Crippen molar-refractivity contribution in [2.45, 2.75) is 19.4 Å². The Labute approximate surface area is 55.5 Å². The lowest BCUT2D eigenvalue weighted by atomic mass is 10.3. The predicted molar refractivity (Wildman–Crippen MR) is 36.3 cm³/mol. The highest BCUT2D eigenvalue weighted by Crippen LogP contribution is 1.96. The van der Waals surface area contributed by atoms with Crippen LogP contribution in [0.3, 0.4) is 0 Å². The highest BCUT2D eigenvalue weighted by atomic mass is 16.5. The molecule has 2 nitrogen and oxygen atoms in total. The van der Waals surface area contributed by atoms with Crippen LogP contribution >= 0.6 is 0 Å². The number of hydrogen-bond acceptors (Lipinski definition) is 2. The molecule has 0 aromatic heterocycles. The lowest BCUT2D eigenvalue weighted by Crippen LogP contribution is -2.09. The lowest BCUT2D eigenvalue weighted by Gasteiger charge is -2.06. The van der Waals surface area contributed by atoms with Gasteiger partial charge >= 0.3 is 0 Å². The van der Waals surface area contributed by atoms with Crippen molar-refractivity contribution in [2.75, 3.05) is 6.61 Å². The van der Waals surface area contributed by atoms with Gasteiger partial charge in [0.15, 0.2) is 0 Å². The summed E-state index contributed by atoms with van der Waals surface area (Å²) in [6, 6.07) is 0. The van der Waals surface area contributed by atoms with Crippen LogP contribution in [0.1, 0.15) is 13.3 Å². The van der Waals surface area contributed by atoms with Gasteiger partial charge in [0.05, 0.1) is 6.10 Å². The summed E-state index contributed by atoms with van der Waals surface area (Å²) in [5.41, 5.74) is 0. The van der Waals surface area contributed by atoms with Crippen LogP contribution in [0.5, 0.6) is 0 Å². The standard InChI is InChI=1S/C7H12O2/c1-3-7(4-2)9-6-5-8/h3,5,7H,1,4,6H2,2H3. The Morgan fingerprint density at radius 3 is 2.78 bits per heavy atom. The van der Waals surface area contributed by atoms with Gasteiger partial charge in [-0.05, 0) is 6.42 Å². The molecule has 9 heavy (non-hydrogen) atoms. The molecule has 0 spiro atoms. The monoisotopic (exact) mass is 128 g/mol. The van der Waals surface area contributed by atoms with Crippen molar-refractivity contribution in [3.63, 3.8) is 0 Å². The van der Waals surface area contributed by atoms with Gasteiger partial charge in [-0.15, -0.1) is 6.58 Å². The summed E-state index contributed by atoms with van der Waals surface area (Å²) >= 11 is 0. The summed E-state index contributed by atoms with van der Waals surface area (Å²) in [5, 5.41) is 0. The second-order valence-electron chi connectivity index (χ2n) is 1.68. The molecule has 0 fully saturated rings. The molecule has 52 valence electrons. The number of ether oxygens (including phenoxy) is 1. The fraction of sp³-hybridized carbons (Fsp3) is 0.571. The number of aldehydes is 1. The van der Waals surface area contributed by atoms with Crippen LogP contribution in [-0.2, 0) is 9.53 Å². The Balaban J connectivity index is 3.30. The van der Waals surface area contributed by atoms with Gasteiger partial charge in [-0.2, -0.15) is 0 Å². The predicted octanol–water partition coefficient (Wildman–Crippen LogP) is 1.17. The van der Waals surface area contributed by atoms with Crippen molar-refractivity contribution in [3.05, 3.63) is 12.7 Å². The minimum Gasteiger partial charge on any atom is -0.367 e. The zero-order valence-corrected chi connectivity index (χ0v) is 5.67. The number of rotatable bonds is 5. The Morgan fingerprint density at radius 1 is 1.78 bits per heavy atom. The van der Waals surface area contributed by atoms with Gasteiger partial charge in [0, 0.05) is 0 Å². The molecule has 0 radical (unpaired) electrons. The molecule has 0 aliphatic carbocycles. The largest absolute Gasteiger partial charge is 0.367 e. The molecular weight excluding hydrogens is 116 g/mol. The molecule has 0 aromatic carbocycles. The molecule has 0 saturated heterocycles. The second-order valence-corrected chi connectivity index (χ2v) is 1.68. The van der Waals surface area contributed by atoms with Crippen molar-refractivity contribution in [1.29, 1.82) is 0 Å². The van der Waals surface area contributed by atoms with E-state index in [0.29, 0.717) is 0 Å². The molecule has 0 aliphatic heterocycles. The average molecular weight is 128 g/mol. The van der Waals surface area contributed by atoms with E-state index in [1.54, 1.807) is 6.08 Å². The van der Waals surface area contributed by atoms with Crippen LogP contribution in [-0.4, -0.2) is 19.0 Å². The van der Waals surface area contributed by atoms with Crippen molar-refractivity contribution >= 4 is 6.29 Å². The fourth-order valence-corrected chi connectivity index (χ4v) is 0.515. The zero-order valence-electron chi connectivity index (χ0n) is 5.67. The van der Waals surface area contributed by atoms with Crippen molar-refractivity contribution in [2.24, 2.45) is 0 Å². The molecule has 0 aromatic rings. The molecular formula is C7H12O2. The molecule has 0 bridgehead atoms. The normalized spacial score (nSPS) is 12.6. The molecule has 0 aliphatic rings. The van der Waals surface area contributed by atoms with Crippen molar-refractivity contribution in [3.8, 4) is 0 Å². The van der Waals surface area contributed by atoms with Crippen molar-refractivity contribution < 1.29 is 9.53 Å². The Kier molecular flexibility index (Phi) is 5.12. The van der Waals surface area contributed by atoms with E-state index in [0.717, 1.165) is 12.7 Å². The van der Waals surface area contributed by atoms with Gasteiger partial charge in [-0.1, -0.05) is 13.0 Å². The van der Waals surface area contributed by atoms with E-state index >= 15 is 0 Å². The minimum absolute atomic E-state index is 0.0372. The highest BCUT2D eigenvalue weighted by molar-refractivity contribution is 5.50. The van der Waals surface area contributed by atoms with Gasteiger partial charge in [0.25, 0.3) is 0 Å². The molecule has 0 saturated carbocycles. The molecule has 0 N–H and O–H groups in total. The van der Waals surface area contributed by atoms with Crippen LogP contribution < -0.4 is 0 Å². The summed E-state index contributed by atoms with van der Waals surface area (Å²) in [6.07, 6.45) is 3.35. The highest BCUT2D eigenvalue weighted by Gasteiger charge is 1.97. The summed E-state index contributed by atoms with van der Waals surface area (Å²) in [7, 11) is 0. The SMILES string of the molecule is C=CC(CC)OCC=O. The number of carbonyl (C=O) groups excluding carboxylic acids is 1. The Morgan fingerprint density at radius 2 is 2.44 bits per heavy atom. The first-order chi connectivity index (χ1) is 4.35. The molecule has 0 amide bonds. The molecule has 2 heteroatoms. The van der Waals surface area contributed by atoms with Gasteiger partial charge < -0.3 is 9.53 Å². The summed E-state index contributed by atoms with van der Waals surface area (Å²) in [6.45, 7) is 5.70. The molecule has 0 rings (SSSR count). The van der Waals surface area contributed by atoms with Crippen LogP contribution in [0.2, 0.25) is 0 Å². The lowest BCUT2D eigenvalue weighted by molar-refractivity contribution is -0.112. The van der Waals surface area contributed by atoms with Crippen LogP contribution in [0.15, 0.2) is 12.7 Å². The van der Waals surface area contributed by atoms with Crippen molar-refractivity contribution in [1.82, 2.24) is 0 Å². The van der Waals surface area contributed by atoms with E-state index in [1.165, 1.54) is 0 Å². The maximum absolute atomic E-state index is 9.78. The average Bonchev–Trinajstić information content (AvgIpc) is 1.91. The van der Waals surface area contributed by atoms with Gasteiger partial charge in [-0.3, -0.25) is 0 Å². The third-order valence-electron chi connectivity index (χ3n) is 1.04. The van der Waals surface area contributed by atoms with E-state index in [-0.39, 0.29) is 12.7 Å². The fourth-order valence-electron chi connectivity index (χ4n) is 0.515. The molecule has 1 unspecified atom stereocenters. The summed E-state index contributed by atoms with van der Waals surface area (Å²) in [4.78, 5) is 9.78. The van der Waals surface area contributed by atoms with Crippen LogP contribution in [0, 0.1) is 0 Å². The zero-order chi connectivity index (χ0) is 7.11. The number of hydrogen-bond donors (Lipinski definition) is 0. The van der Waals surface area contributed by atoms with E-state index < -0.39 is 0 Å². The van der Waals surface area contributed by atoms with Crippen LogP contribution in [0.4, 0.5) is 0 Å². The summed E-state index contributed by atoms with van der Waals surface area (Å²) in [5.74, 6) is 0. The number of carbonyl (C=O) groups is 1. The van der Waals surface area contributed by atoms with E-state index in [1.807, 2.05) is 6.92 Å². The first-order valence-electron chi connectivity index (χ1n) is 3.03. The third-order valence-corrected chi connectivity index (χ3v) is 1.04. The quantitative estimate of drug-likeness (QED) is 0.410. The third kappa shape index (κ3) is 3.91. The first kappa shape index (κ1) is 8.37. The second kappa shape index (κ2) is 5.51. The van der Waals surface area contributed by atoms with E-state index in [4.69, 9.17) is 4.74 Å². The van der Waals surface area contributed by atoms with Gasteiger partial charge in [0.2, 0.25) is 0 Å². The first-order valence-corrected chi connectivity index (χ1v) is 3.03. The topological polar surface area (TPSA) is 26.3 Å². The van der Waals surface area contributed by atoms with Gasteiger partial charge in [0.1, 0.15) is 12.9 Å². The van der Waals surface area contributed by atoms with Crippen LogP contribution in [0.25, 0.3) is 0 Å². The summed E-state index contributed by atoms with van der Waals surface area (Å²) < 4.78 is 5.00. The minimum atomic E-state index is 0.0372. The molecule has 1 atom stereocenters. The Bertz CT molecular complexity index is 88.9. The maximum atomic E-state index is 9.78. The Hall–Kier alpha value is -0.630.